The van der Waals surface area contributed by atoms with Crippen LogP contribution >= 0.6 is 0 Å². The van der Waals surface area contributed by atoms with Gasteiger partial charge in [0.15, 0.2) is 11.5 Å². The molecule has 0 aliphatic rings. The predicted octanol–water partition coefficient (Wildman–Crippen LogP) is 2.50. The van der Waals surface area contributed by atoms with E-state index in [4.69, 9.17) is 18.9 Å². The van der Waals surface area contributed by atoms with E-state index in [-0.39, 0.29) is 24.3 Å². The van der Waals surface area contributed by atoms with Gasteiger partial charge in [0.1, 0.15) is 11.5 Å². The Bertz CT molecular complexity index is 904. The summed E-state index contributed by atoms with van der Waals surface area (Å²) in [4.78, 5) is 27.5. The van der Waals surface area contributed by atoms with E-state index in [0.717, 1.165) is 0 Å². The molecule has 0 fully saturated rings. The lowest BCUT2D eigenvalue weighted by Gasteiger charge is -2.22. The molecule has 0 saturated heterocycles. The smallest absolute Gasteiger partial charge is 0.306 e. The van der Waals surface area contributed by atoms with Gasteiger partial charge >= 0.3 is 5.97 Å². The molecule has 0 amide bonds. The second-order valence-electron chi connectivity index (χ2n) is 6.09. The fourth-order valence-corrected chi connectivity index (χ4v) is 3.10. The summed E-state index contributed by atoms with van der Waals surface area (Å²) in [6.07, 6.45) is -0.167. The lowest BCUT2D eigenvalue weighted by atomic mass is 9.87. The topological polar surface area (TPSA) is 107 Å². The number of hydrogen-bond acceptors (Lipinski definition) is 7. The molecule has 0 bridgehead atoms. The van der Waals surface area contributed by atoms with Crippen LogP contribution in [-0.2, 0) is 9.53 Å². The van der Waals surface area contributed by atoms with Gasteiger partial charge in [-0.3, -0.25) is 9.59 Å². The molecule has 1 aromatic carbocycles. The van der Waals surface area contributed by atoms with E-state index in [1.54, 1.807) is 26.0 Å². The van der Waals surface area contributed by atoms with Crippen LogP contribution in [0.25, 0.3) is 0 Å². The Morgan fingerprint density at radius 3 is 2.21 bits per heavy atom. The summed E-state index contributed by atoms with van der Waals surface area (Å²) in [5, 5.41) is 10.5. The number of aryl methyl sites for hydroxylation is 1. The molecule has 1 atom stereocenters. The maximum atomic E-state index is 12.6. The summed E-state index contributed by atoms with van der Waals surface area (Å²) < 4.78 is 21.2. The Kier molecular flexibility index (Phi) is 6.92. The predicted molar refractivity (Wildman–Crippen MR) is 103 cm³/mol. The van der Waals surface area contributed by atoms with E-state index >= 15 is 0 Å². The lowest BCUT2D eigenvalue weighted by molar-refractivity contribution is -0.143. The SMILES string of the molecule is CCOC(=O)C[C@@H](c1cc(OC)c(OC)cc1OC)c1c(O)cc(C)[nH]c1=O. The van der Waals surface area contributed by atoms with Gasteiger partial charge in [-0.25, -0.2) is 0 Å². The van der Waals surface area contributed by atoms with Gasteiger partial charge in [-0.2, -0.15) is 0 Å². The first-order chi connectivity index (χ1) is 13.4. The first-order valence-corrected chi connectivity index (χ1v) is 8.74. The molecule has 0 unspecified atom stereocenters. The van der Waals surface area contributed by atoms with Crippen LogP contribution in [0.2, 0.25) is 0 Å². The number of aromatic nitrogens is 1. The van der Waals surface area contributed by atoms with Gasteiger partial charge in [-0.1, -0.05) is 0 Å². The summed E-state index contributed by atoms with van der Waals surface area (Å²) in [6.45, 7) is 3.55. The summed E-state index contributed by atoms with van der Waals surface area (Å²) in [7, 11) is 4.43. The largest absolute Gasteiger partial charge is 0.507 e. The number of carbonyl (C=O) groups excluding carboxylic acids is 1. The van der Waals surface area contributed by atoms with Gasteiger partial charge in [0, 0.05) is 23.2 Å². The first kappa shape index (κ1) is 21.1. The third-order valence-electron chi connectivity index (χ3n) is 4.32. The Balaban J connectivity index is 2.73. The molecule has 152 valence electrons. The molecule has 0 radical (unpaired) electrons. The first-order valence-electron chi connectivity index (χ1n) is 8.74. The molecule has 1 heterocycles. The number of aromatic hydroxyl groups is 1. The number of hydrogen-bond donors (Lipinski definition) is 2. The molecule has 0 aliphatic heterocycles. The fraction of sp³-hybridized carbons (Fsp3) is 0.400. The average Bonchev–Trinajstić information content (AvgIpc) is 2.65. The number of methoxy groups -OCH3 is 3. The average molecular weight is 391 g/mol. The normalized spacial score (nSPS) is 11.6. The minimum absolute atomic E-state index is 0.0455. The van der Waals surface area contributed by atoms with Crippen molar-refractivity contribution in [3.8, 4) is 23.0 Å². The number of esters is 1. The van der Waals surface area contributed by atoms with Crippen molar-refractivity contribution in [2.45, 2.75) is 26.2 Å². The Morgan fingerprint density at radius 2 is 1.68 bits per heavy atom. The number of benzene rings is 1. The monoisotopic (exact) mass is 391 g/mol. The van der Waals surface area contributed by atoms with Gasteiger partial charge in [0.05, 0.1) is 39.9 Å². The summed E-state index contributed by atoms with van der Waals surface area (Å²) in [5.41, 5.74) is 0.533. The molecular formula is C20H25NO7. The van der Waals surface area contributed by atoms with E-state index < -0.39 is 17.4 Å². The molecule has 8 nitrogen and oxygen atoms in total. The number of rotatable bonds is 8. The number of H-pyrrole nitrogens is 1. The van der Waals surface area contributed by atoms with Crippen molar-refractivity contribution in [2.24, 2.45) is 0 Å². The molecule has 0 saturated carbocycles. The van der Waals surface area contributed by atoms with E-state index in [1.165, 1.54) is 27.4 Å². The van der Waals surface area contributed by atoms with Crippen LogP contribution in [0.15, 0.2) is 23.0 Å². The molecule has 1 aromatic heterocycles. The third kappa shape index (κ3) is 4.39. The van der Waals surface area contributed by atoms with Gasteiger partial charge in [-0.05, 0) is 26.0 Å². The van der Waals surface area contributed by atoms with Crippen molar-refractivity contribution in [3.05, 3.63) is 45.4 Å². The molecule has 2 N–H and O–H groups in total. The van der Waals surface area contributed by atoms with E-state index in [1.807, 2.05) is 0 Å². The van der Waals surface area contributed by atoms with E-state index in [0.29, 0.717) is 28.5 Å². The molecule has 28 heavy (non-hydrogen) atoms. The van der Waals surface area contributed by atoms with Crippen molar-refractivity contribution in [1.82, 2.24) is 4.98 Å². The maximum absolute atomic E-state index is 12.6. The third-order valence-corrected chi connectivity index (χ3v) is 4.32. The molecular weight excluding hydrogens is 366 g/mol. The second kappa shape index (κ2) is 9.16. The molecule has 0 aliphatic carbocycles. The van der Waals surface area contributed by atoms with E-state index in [9.17, 15) is 14.7 Å². The van der Waals surface area contributed by atoms with Gasteiger partial charge < -0.3 is 29.0 Å². The van der Waals surface area contributed by atoms with Crippen molar-refractivity contribution in [1.29, 1.82) is 0 Å². The minimum Gasteiger partial charge on any atom is -0.507 e. The van der Waals surface area contributed by atoms with E-state index in [2.05, 4.69) is 4.98 Å². The summed E-state index contributed by atoms with van der Waals surface area (Å²) in [6, 6.07) is 4.66. The van der Waals surface area contributed by atoms with Crippen LogP contribution in [0.3, 0.4) is 0 Å². The quantitative estimate of drug-likeness (QED) is 0.666. The van der Waals surface area contributed by atoms with Crippen LogP contribution in [0, 0.1) is 6.92 Å². The number of aromatic amines is 1. The molecule has 8 heteroatoms. The van der Waals surface area contributed by atoms with Crippen molar-refractivity contribution < 1.29 is 28.8 Å². The van der Waals surface area contributed by atoms with Crippen molar-refractivity contribution >= 4 is 5.97 Å². The van der Waals surface area contributed by atoms with Crippen molar-refractivity contribution in [3.63, 3.8) is 0 Å². The highest BCUT2D eigenvalue weighted by Gasteiger charge is 2.29. The fourth-order valence-electron chi connectivity index (χ4n) is 3.10. The Labute approximate surface area is 163 Å². The minimum atomic E-state index is -0.821. The number of pyridine rings is 1. The lowest BCUT2D eigenvalue weighted by Crippen LogP contribution is -2.21. The molecule has 2 rings (SSSR count). The van der Waals surface area contributed by atoms with Crippen LogP contribution in [-0.4, -0.2) is 44.0 Å². The Morgan fingerprint density at radius 1 is 1.07 bits per heavy atom. The maximum Gasteiger partial charge on any atom is 0.306 e. The summed E-state index contributed by atoms with van der Waals surface area (Å²) >= 11 is 0. The zero-order valence-corrected chi connectivity index (χ0v) is 16.6. The summed E-state index contributed by atoms with van der Waals surface area (Å²) in [5.74, 6) is -0.337. The van der Waals surface area contributed by atoms with Gasteiger partial charge in [0.25, 0.3) is 5.56 Å². The number of ether oxygens (including phenoxy) is 4. The molecule has 2 aromatic rings. The highest BCUT2D eigenvalue weighted by Crippen LogP contribution is 2.42. The highest BCUT2D eigenvalue weighted by molar-refractivity contribution is 5.72. The van der Waals surface area contributed by atoms with Crippen LogP contribution in [0.1, 0.15) is 36.1 Å². The van der Waals surface area contributed by atoms with Gasteiger partial charge in [0.2, 0.25) is 0 Å². The second-order valence-corrected chi connectivity index (χ2v) is 6.09. The van der Waals surface area contributed by atoms with Gasteiger partial charge in [-0.15, -0.1) is 0 Å². The Hall–Kier alpha value is -3.16. The van der Waals surface area contributed by atoms with Crippen molar-refractivity contribution in [2.75, 3.05) is 27.9 Å². The molecule has 0 spiro atoms. The number of nitrogens with one attached hydrogen (secondary N) is 1. The zero-order valence-electron chi connectivity index (χ0n) is 16.6. The highest BCUT2D eigenvalue weighted by atomic mass is 16.5. The van der Waals surface area contributed by atoms with Crippen LogP contribution < -0.4 is 19.8 Å². The number of carbonyl (C=O) groups is 1. The van der Waals surface area contributed by atoms with Crippen LogP contribution in [0.5, 0.6) is 23.0 Å². The zero-order chi connectivity index (χ0) is 20.8. The standard InChI is InChI=1S/C20H25NO7/c1-6-28-18(23)9-13(19-14(22)7-11(2)21-20(19)24)12-8-16(26-4)17(27-5)10-15(12)25-3/h7-8,10,13H,6,9H2,1-5H3,(H2,21,22,24)/t13-/m0/s1. The van der Waals surface area contributed by atoms with Crippen LogP contribution in [0.4, 0.5) is 0 Å².